The van der Waals surface area contributed by atoms with Crippen LogP contribution < -0.4 is 0 Å². The summed E-state index contributed by atoms with van der Waals surface area (Å²) >= 11 is 0. The quantitative estimate of drug-likeness (QED) is 0.324. The Bertz CT molecular complexity index is 235. The van der Waals surface area contributed by atoms with Crippen LogP contribution in [0.4, 0.5) is 0 Å². The van der Waals surface area contributed by atoms with E-state index in [0.29, 0.717) is 5.92 Å². The molecule has 0 aliphatic heterocycles. The minimum absolute atomic E-state index is 0.0259. The van der Waals surface area contributed by atoms with Gasteiger partial charge in [0.15, 0.2) is 0 Å². The van der Waals surface area contributed by atoms with E-state index in [-0.39, 0.29) is 11.9 Å². The lowest BCUT2D eigenvalue weighted by atomic mass is 9.87. The van der Waals surface area contributed by atoms with Crippen LogP contribution >= 0.6 is 0 Å². The van der Waals surface area contributed by atoms with Gasteiger partial charge in [0.05, 0.1) is 13.0 Å². The summed E-state index contributed by atoms with van der Waals surface area (Å²) < 4.78 is 4.76. The molecule has 2 nitrogen and oxygen atoms in total. The standard InChI is InChI=1S/C16H30O2/c1-6-7-8-9-10-13(2)11-14(3)12-15(4)16(17)18-5/h6,13-15H,1,7-12H2,2-5H3/t13-,14-,15-/m1/s1. The molecule has 0 N–H and O–H groups in total. The van der Waals surface area contributed by atoms with Crippen LogP contribution in [0.1, 0.15) is 59.3 Å². The van der Waals surface area contributed by atoms with E-state index < -0.39 is 0 Å². The predicted molar refractivity (Wildman–Crippen MR) is 77.4 cm³/mol. The molecular formula is C16H30O2. The van der Waals surface area contributed by atoms with Gasteiger partial charge in [-0.3, -0.25) is 4.79 Å². The molecule has 0 saturated carbocycles. The molecule has 2 heteroatoms. The minimum atomic E-state index is -0.0829. The number of carbonyl (C=O) groups is 1. The van der Waals surface area contributed by atoms with Crippen LogP contribution in [0.5, 0.6) is 0 Å². The summed E-state index contributed by atoms with van der Waals surface area (Å²) in [5.74, 6) is 1.28. The van der Waals surface area contributed by atoms with E-state index in [0.717, 1.165) is 18.8 Å². The Kier molecular flexibility index (Phi) is 9.72. The van der Waals surface area contributed by atoms with Crippen molar-refractivity contribution in [1.29, 1.82) is 0 Å². The molecule has 0 aliphatic carbocycles. The van der Waals surface area contributed by atoms with Crippen molar-refractivity contribution >= 4 is 5.97 Å². The Morgan fingerprint density at radius 2 is 1.83 bits per heavy atom. The van der Waals surface area contributed by atoms with Crippen molar-refractivity contribution in [2.24, 2.45) is 17.8 Å². The fraction of sp³-hybridized carbons (Fsp3) is 0.812. The van der Waals surface area contributed by atoms with E-state index in [9.17, 15) is 4.79 Å². The van der Waals surface area contributed by atoms with Crippen molar-refractivity contribution in [3.05, 3.63) is 12.7 Å². The first-order valence-corrected chi connectivity index (χ1v) is 7.19. The summed E-state index contributed by atoms with van der Waals surface area (Å²) in [5, 5.41) is 0. The number of ether oxygens (including phenoxy) is 1. The van der Waals surface area contributed by atoms with Crippen LogP contribution in [0, 0.1) is 17.8 Å². The lowest BCUT2D eigenvalue weighted by Crippen LogP contribution is -2.16. The normalized spacial score (nSPS) is 15.8. The number of methoxy groups -OCH3 is 1. The van der Waals surface area contributed by atoms with Gasteiger partial charge < -0.3 is 4.74 Å². The van der Waals surface area contributed by atoms with E-state index in [2.05, 4.69) is 20.4 Å². The molecule has 0 fully saturated rings. The average molecular weight is 254 g/mol. The number of rotatable bonds is 10. The molecule has 0 aromatic carbocycles. The van der Waals surface area contributed by atoms with Gasteiger partial charge in [0.1, 0.15) is 0 Å². The van der Waals surface area contributed by atoms with E-state index in [1.54, 1.807) is 0 Å². The Labute approximate surface area is 113 Å². The number of esters is 1. The zero-order valence-electron chi connectivity index (χ0n) is 12.6. The van der Waals surface area contributed by atoms with E-state index in [4.69, 9.17) is 4.74 Å². The molecule has 0 spiro atoms. The van der Waals surface area contributed by atoms with Crippen LogP contribution in [-0.2, 0) is 9.53 Å². The van der Waals surface area contributed by atoms with Crippen LogP contribution in [0.25, 0.3) is 0 Å². The van der Waals surface area contributed by atoms with Gasteiger partial charge in [-0.05, 0) is 37.5 Å². The monoisotopic (exact) mass is 254 g/mol. The largest absolute Gasteiger partial charge is 0.469 e. The topological polar surface area (TPSA) is 26.3 Å². The second kappa shape index (κ2) is 10.2. The Morgan fingerprint density at radius 1 is 1.17 bits per heavy atom. The molecule has 0 unspecified atom stereocenters. The number of allylic oxidation sites excluding steroid dienone is 1. The van der Waals surface area contributed by atoms with Crippen LogP contribution in [0.15, 0.2) is 12.7 Å². The lowest BCUT2D eigenvalue weighted by Gasteiger charge is -2.19. The SMILES string of the molecule is C=CCCCC[C@@H](C)C[C@@H](C)C[C@@H](C)C(=O)OC. The second-order valence-electron chi connectivity index (χ2n) is 5.68. The fourth-order valence-electron chi connectivity index (χ4n) is 2.58. The molecule has 0 bridgehead atoms. The van der Waals surface area contributed by atoms with Crippen molar-refractivity contribution in [3.63, 3.8) is 0 Å². The van der Waals surface area contributed by atoms with Gasteiger partial charge in [-0.25, -0.2) is 0 Å². The number of carbonyl (C=O) groups excluding carboxylic acids is 1. The maximum atomic E-state index is 11.3. The van der Waals surface area contributed by atoms with Gasteiger partial charge >= 0.3 is 5.97 Å². The van der Waals surface area contributed by atoms with Gasteiger partial charge in [-0.1, -0.05) is 39.7 Å². The van der Waals surface area contributed by atoms with Gasteiger partial charge in [0.25, 0.3) is 0 Å². The Morgan fingerprint density at radius 3 is 2.39 bits per heavy atom. The van der Waals surface area contributed by atoms with E-state index >= 15 is 0 Å². The Balaban J connectivity index is 3.75. The molecule has 0 amide bonds. The van der Waals surface area contributed by atoms with Crippen molar-refractivity contribution in [2.45, 2.75) is 59.3 Å². The first kappa shape index (κ1) is 17.2. The van der Waals surface area contributed by atoms with E-state index in [1.165, 1.54) is 32.8 Å². The third-order valence-electron chi connectivity index (χ3n) is 3.52. The van der Waals surface area contributed by atoms with Gasteiger partial charge in [-0.2, -0.15) is 0 Å². The molecule has 0 saturated heterocycles. The molecule has 0 aromatic heterocycles. The van der Waals surface area contributed by atoms with Gasteiger partial charge in [-0.15, -0.1) is 6.58 Å². The maximum Gasteiger partial charge on any atom is 0.308 e. The molecule has 3 atom stereocenters. The number of hydrogen-bond donors (Lipinski definition) is 0. The van der Waals surface area contributed by atoms with Crippen LogP contribution in [0.2, 0.25) is 0 Å². The summed E-state index contributed by atoms with van der Waals surface area (Å²) in [6.07, 6.45) is 9.07. The molecule has 0 aromatic rings. The molecule has 18 heavy (non-hydrogen) atoms. The number of unbranched alkanes of at least 4 members (excludes halogenated alkanes) is 2. The third-order valence-corrected chi connectivity index (χ3v) is 3.52. The smallest absolute Gasteiger partial charge is 0.308 e. The highest BCUT2D eigenvalue weighted by atomic mass is 16.5. The van der Waals surface area contributed by atoms with Crippen molar-refractivity contribution < 1.29 is 9.53 Å². The highest BCUT2D eigenvalue weighted by Crippen LogP contribution is 2.23. The molecule has 0 aliphatic rings. The first-order chi connectivity index (χ1) is 8.51. The summed E-state index contributed by atoms with van der Waals surface area (Å²) in [6, 6.07) is 0. The van der Waals surface area contributed by atoms with Crippen LogP contribution in [-0.4, -0.2) is 13.1 Å². The summed E-state index contributed by atoms with van der Waals surface area (Å²) in [4.78, 5) is 11.3. The lowest BCUT2D eigenvalue weighted by molar-refractivity contribution is -0.145. The predicted octanol–water partition coefficient (Wildman–Crippen LogP) is 4.59. The zero-order valence-corrected chi connectivity index (χ0v) is 12.6. The van der Waals surface area contributed by atoms with E-state index in [1.807, 2.05) is 13.0 Å². The molecular weight excluding hydrogens is 224 g/mol. The van der Waals surface area contributed by atoms with Gasteiger partial charge in [0.2, 0.25) is 0 Å². The molecule has 0 heterocycles. The molecule has 0 rings (SSSR count). The highest BCUT2D eigenvalue weighted by Gasteiger charge is 2.18. The maximum absolute atomic E-state index is 11.3. The van der Waals surface area contributed by atoms with Gasteiger partial charge in [0, 0.05) is 0 Å². The van der Waals surface area contributed by atoms with Crippen LogP contribution in [0.3, 0.4) is 0 Å². The molecule has 0 radical (unpaired) electrons. The first-order valence-electron chi connectivity index (χ1n) is 7.19. The number of hydrogen-bond acceptors (Lipinski definition) is 2. The zero-order chi connectivity index (χ0) is 14.0. The summed E-state index contributed by atoms with van der Waals surface area (Å²) in [6.45, 7) is 10.2. The summed E-state index contributed by atoms with van der Waals surface area (Å²) in [5.41, 5.74) is 0. The third kappa shape index (κ3) is 8.32. The van der Waals surface area contributed by atoms with Crippen molar-refractivity contribution in [2.75, 3.05) is 7.11 Å². The average Bonchev–Trinajstić information content (AvgIpc) is 2.33. The minimum Gasteiger partial charge on any atom is -0.469 e. The summed E-state index contributed by atoms with van der Waals surface area (Å²) in [7, 11) is 1.46. The fourth-order valence-corrected chi connectivity index (χ4v) is 2.58. The second-order valence-corrected chi connectivity index (χ2v) is 5.68. The van der Waals surface area contributed by atoms with Crippen molar-refractivity contribution in [3.8, 4) is 0 Å². The Hall–Kier alpha value is -0.790. The van der Waals surface area contributed by atoms with Crippen molar-refractivity contribution in [1.82, 2.24) is 0 Å². The molecule has 106 valence electrons. The highest BCUT2D eigenvalue weighted by molar-refractivity contribution is 5.71.